The van der Waals surface area contributed by atoms with Crippen LogP contribution in [0.3, 0.4) is 0 Å². The van der Waals surface area contributed by atoms with Crippen LogP contribution in [0.1, 0.15) is 11.1 Å². The van der Waals surface area contributed by atoms with Gasteiger partial charge in [0.05, 0.1) is 12.7 Å². The van der Waals surface area contributed by atoms with E-state index >= 15 is 0 Å². The molecule has 2 aromatic carbocycles. The van der Waals surface area contributed by atoms with Crippen LogP contribution in [-0.4, -0.2) is 15.0 Å². The summed E-state index contributed by atoms with van der Waals surface area (Å²) >= 11 is 5.97. The molecule has 0 spiro atoms. The number of hydrogen-bond donors (Lipinski definition) is 0. The van der Waals surface area contributed by atoms with Crippen LogP contribution in [0, 0.1) is 0 Å². The number of nitrogens with zero attached hydrogens (tertiary/aromatic N) is 3. The summed E-state index contributed by atoms with van der Waals surface area (Å²) in [6.07, 6.45) is 5.70. The lowest BCUT2D eigenvalue weighted by Crippen LogP contribution is -2.01. The Bertz CT molecular complexity index is 716. The lowest BCUT2D eigenvalue weighted by atomic mass is 10.0. The van der Waals surface area contributed by atoms with Crippen LogP contribution in [0.4, 0.5) is 0 Å². The van der Waals surface area contributed by atoms with Crippen LogP contribution < -0.4 is 0 Å². The van der Waals surface area contributed by atoms with Crippen molar-refractivity contribution in [2.75, 3.05) is 0 Å². The number of hydrogen-bond acceptors (Lipinski definition) is 2. The van der Waals surface area contributed by atoms with E-state index in [1.807, 2.05) is 53.3 Å². The first kappa shape index (κ1) is 13.6. The van der Waals surface area contributed by atoms with Gasteiger partial charge in [0.1, 0.15) is 0 Å². The Hall–Kier alpha value is -2.39. The van der Waals surface area contributed by atoms with Gasteiger partial charge in [-0.1, -0.05) is 59.3 Å². The quantitative estimate of drug-likeness (QED) is 0.676. The second-order valence-corrected chi connectivity index (χ2v) is 5.12. The van der Waals surface area contributed by atoms with E-state index in [9.17, 15) is 0 Å². The van der Waals surface area contributed by atoms with Gasteiger partial charge in [-0.2, -0.15) is 0 Å². The zero-order chi connectivity index (χ0) is 14.5. The fraction of sp³-hybridized carbons (Fsp3) is 0.0588. The highest BCUT2D eigenvalue weighted by molar-refractivity contribution is 6.30. The Morgan fingerprint density at radius 1 is 1.05 bits per heavy atom. The summed E-state index contributed by atoms with van der Waals surface area (Å²) in [4.78, 5) is 0. The summed E-state index contributed by atoms with van der Waals surface area (Å²) in [5.41, 5.74) is 3.43. The monoisotopic (exact) mass is 295 g/mol. The highest BCUT2D eigenvalue weighted by Gasteiger charge is 2.04. The van der Waals surface area contributed by atoms with Crippen molar-refractivity contribution < 1.29 is 0 Å². The Kier molecular flexibility index (Phi) is 4.12. The molecule has 0 radical (unpaired) electrons. The molecule has 0 saturated carbocycles. The van der Waals surface area contributed by atoms with Crippen molar-refractivity contribution in [3.05, 3.63) is 83.1 Å². The minimum atomic E-state index is 0.663. The molecule has 0 bridgehead atoms. The van der Waals surface area contributed by atoms with Crippen LogP contribution in [0.2, 0.25) is 5.02 Å². The van der Waals surface area contributed by atoms with E-state index in [1.165, 1.54) is 0 Å². The lowest BCUT2D eigenvalue weighted by molar-refractivity contribution is 0.671. The fourth-order valence-electron chi connectivity index (χ4n) is 2.13. The van der Waals surface area contributed by atoms with Gasteiger partial charge in [-0.15, -0.1) is 5.10 Å². The van der Waals surface area contributed by atoms with Crippen molar-refractivity contribution in [2.45, 2.75) is 6.54 Å². The molecule has 0 amide bonds. The lowest BCUT2D eigenvalue weighted by Gasteiger charge is -2.08. The van der Waals surface area contributed by atoms with Crippen LogP contribution in [0.5, 0.6) is 0 Å². The molecule has 1 heterocycles. The Labute approximate surface area is 128 Å². The first-order valence-corrected chi connectivity index (χ1v) is 7.05. The number of allylic oxidation sites excluding steroid dienone is 1. The molecule has 0 unspecified atom stereocenters. The number of rotatable bonds is 4. The average Bonchev–Trinajstić information content (AvgIpc) is 3.01. The second kappa shape index (κ2) is 6.37. The molecule has 0 aliphatic carbocycles. The van der Waals surface area contributed by atoms with Crippen LogP contribution in [0.15, 0.2) is 67.0 Å². The zero-order valence-electron chi connectivity index (χ0n) is 11.4. The van der Waals surface area contributed by atoms with Gasteiger partial charge in [0.15, 0.2) is 0 Å². The van der Waals surface area contributed by atoms with Gasteiger partial charge in [0, 0.05) is 11.2 Å². The SMILES string of the molecule is Clc1ccc(/C(=C/c2ccccc2)Cn2ccnn2)cc1. The van der Waals surface area contributed by atoms with Gasteiger partial charge in [-0.05, 0) is 34.9 Å². The molecule has 1 aromatic heterocycles. The maximum Gasteiger partial charge on any atom is 0.0693 e. The van der Waals surface area contributed by atoms with E-state index in [2.05, 4.69) is 28.5 Å². The van der Waals surface area contributed by atoms with E-state index in [1.54, 1.807) is 6.20 Å². The van der Waals surface area contributed by atoms with Crippen molar-refractivity contribution in [2.24, 2.45) is 0 Å². The van der Waals surface area contributed by atoms with Crippen molar-refractivity contribution in [1.82, 2.24) is 15.0 Å². The van der Waals surface area contributed by atoms with Crippen molar-refractivity contribution in [3.63, 3.8) is 0 Å². The van der Waals surface area contributed by atoms with Gasteiger partial charge in [-0.3, -0.25) is 0 Å². The highest BCUT2D eigenvalue weighted by Crippen LogP contribution is 2.22. The molecule has 21 heavy (non-hydrogen) atoms. The summed E-state index contributed by atoms with van der Waals surface area (Å²) < 4.78 is 1.81. The number of halogens is 1. The Morgan fingerprint density at radius 3 is 2.48 bits per heavy atom. The van der Waals surface area contributed by atoms with Gasteiger partial charge < -0.3 is 0 Å². The third-order valence-electron chi connectivity index (χ3n) is 3.16. The molecular formula is C17H14ClN3. The minimum Gasteiger partial charge on any atom is -0.248 e. The number of aromatic nitrogens is 3. The third-order valence-corrected chi connectivity index (χ3v) is 3.41. The highest BCUT2D eigenvalue weighted by atomic mass is 35.5. The maximum atomic E-state index is 5.97. The minimum absolute atomic E-state index is 0.663. The molecule has 0 aliphatic rings. The van der Waals surface area contributed by atoms with E-state index in [4.69, 9.17) is 11.6 Å². The molecule has 104 valence electrons. The van der Waals surface area contributed by atoms with Gasteiger partial charge >= 0.3 is 0 Å². The second-order valence-electron chi connectivity index (χ2n) is 4.69. The fourth-order valence-corrected chi connectivity index (χ4v) is 2.25. The summed E-state index contributed by atoms with van der Waals surface area (Å²) in [5, 5.41) is 8.63. The normalized spacial score (nSPS) is 11.6. The maximum absolute atomic E-state index is 5.97. The van der Waals surface area contributed by atoms with Gasteiger partial charge in [0.25, 0.3) is 0 Å². The van der Waals surface area contributed by atoms with Crippen molar-refractivity contribution in [1.29, 1.82) is 0 Å². The molecule has 0 fully saturated rings. The van der Waals surface area contributed by atoms with E-state index in [0.29, 0.717) is 6.54 Å². The molecule has 0 atom stereocenters. The molecular weight excluding hydrogens is 282 g/mol. The van der Waals surface area contributed by atoms with Crippen LogP contribution in [0.25, 0.3) is 11.6 Å². The third kappa shape index (κ3) is 3.58. The van der Waals surface area contributed by atoms with Crippen LogP contribution in [-0.2, 0) is 6.54 Å². The Balaban J connectivity index is 1.98. The van der Waals surface area contributed by atoms with Crippen molar-refractivity contribution in [3.8, 4) is 0 Å². The average molecular weight is 296 g/mol. The predicted molar refractivity (Wildman–Crippen MR) is 85.8 cm³/mol. The molecule has 0 aliphatic heterocycles. The summed E-state index contributed by atoms with van der Waals surface area (Å²) in [7, 11) is 0. The smallest absolute Gasteiger partial charge is 0.0693 e. The Morgan fingerprint density at radius 2 is 1.81 bits per heavy atom. The molecule has 4 heteroatoms. The van der Waals surface area contributed by atoms with Crippen LogP contribution >= 0.6 is 11.6 Å². The molecule has 3 aromatic rings. The van der Waals surface area contributed by atoms with Crippen molar-refractivity contribution >= 4 is 23.3 Å². The van der Waals surface area contributed by atoms with E-state index < -0.39 is 0 Å². The summed E-state index contributed by atoms with van der Waals surface area (Å²) in [5.74, 6) is 0. The standard InChI is InChI=1S/C17H14ClN3/c18-17-8-6-15(7-9-17)16(13-21-11-10-19-20-21)12-14-4-2-1-3-5-14/h1-12H,13H2/b16-12+. The first-order chi connectivity index (χ1) is 10.3. The van der Waals surface area contributed by atoms with E-state index in [0.717, 1.165) is 21.7 Å². The first-order valence-electron chi connectivity index (χ1n) is 6.67. The summed E-state index contributed by atoms with van der Waals surface area (Å²) in [6.45, 7) is 0.663. The molecule has 0 N–H and O–H groups in total. The predicted octanol–water partition coefficient (Wildman–Crippen LogP) is 4.17. The zero-order valence-corrected chi connectivity index (χ0v) is 12.1. The largest absolute Gasteiger partial charge is 0.248 e. The molecule has 3 rings (SSSR count). The van der Waals surface area contributed by atoms with Gasteiger partial charge in [-0.25, -0.2) is 4.68 Å². The van der Waals surface area contributed by atoms with Gasteiger partial charge in [0.2, 0.25) is 0 Å². The number of benzene rings is 2. The van der Waals surface area contributed by atoms with E-state index in [-0.39, 0.29) is 0 Å². The molecule has 3 nitrogen and oxygen atoms in total. The molecule has 0 saturated heterocycles. The topological polar surface area (TPSA) is 30.7 Å². The summed E-state index contributed by atoms with van der Waals surface area (Å²) in [6, 6.07) is 18.1.